The number of hydrogen-bond acceptors (Lipinski definition) is 2. The number of allylic oxidation sites excluding steroid dienone is 12. The quantitative estimate of drug-likeness (QED) is 0.286. The third-order valence-electron chi connectivity index (χ3n) is 4.21. The monoisotopic (exact) mass is 413 g/mol. The summed E-state index contributed by atoms with van der Waals surface area (Å²) in [5.41, 5.74) is 1.20. The third kappa shape index (κ3) is 18.7. The van der Waals surface area contributed by atoms with Gasteiger partial charge in [-0.3, -0.25) is 9.59 Å². The first-order valence-electron chi connectivity index (χ1n) is 10.9. The molecule has 0 rings (SSSR count). The van der Waals surface area contributed by atoms with Gasteiger partial charge in [0.2, 0.25) is 5.91 Å². The molecular formula is C26H39NO3. The molecule has 2 N–H and O–H groups in total. The van der Waals surface area contributed by atoms with Gasteiger partial charge in [0.1, 0.15) is 6.04 Å². The summed E-state index contributed by atoms with van der Waals surface area (Å²) in [6.45, 7) is 5.64. The Morgan fingerprint density at radius 1 is 0.833 bits per heavy atom. The fraction of sp³-hybridized carbons (Fsp3) is 0.462. The molecule has 0 aliphatic rings. The molecule has 0 aliphatic heterocycles. The van der Waals surface area contributed by atoms with Crippen LogP contribution in [-0.2, 0) is 9.59 Å². The minimum Gasteiger partial charge on any atom is -0.480 e. The molecule has 166 valence electrons. The maximum Gasteiger partial charge on any atom is 0.325 e. The van der Waals surface area contributed by atoms with E-state index in [1.807, 2.05) is 13.0 Å². The lowest BCUT2D eigenvalue weighted by Crippen LogP contribution is -2.38. The summed E-state index contributed by atoms with van der Waals surface area (Å²) in [5.74, 6) is -1.25. The Kier molecular flexibility index (Phi) is 18.0. The molecule has 4 heteroatoms. The van der Waals surface area contributed by atoms with Crippen molar-refractivity contribution in [3.63, 3.8) is 0 Å². The van der Waals surface area contributed by atoms with Crippen molar-refractivity contribution < 1.29 is 14.7 Å². The lowest BCUT2D eigenvalue weighted by Gasteiger charge is -2.08. The fourth-order valence-corrected chi connectivity index (χ4v) is 2.43. The van der Waals surface area contributed by atoms with Crippen LogP contribution >= 0.6 is 0 Å². The largest absolute Gasteiger partial charge is 0.480 e. The van der Waals surface area contributed by atoms with E-state index in [-0.39, 0.29) is 5.91 Å². The Balaban J connectivity index is 3.82. The number of carboxylic acid groups (broad SMARTS) is 1. The molecule has 0 aromatic heterocycles. The highest BCUT2D eigenvalue weighted by atomic mass is 16.4. The first kappa shape index (κ1) is 27.4. The molecule has 0 radical (unpaired) electrons. The van der Waals surface area contributed by atoms with Crippen LogP contribution in [0.5, 0.6) is 0 Å². The van der Waals surface area contributed by atoms with Crippen molar-refractivity contribution in [2.75, 3.05) is 0 Å². The lowest BCUT2D eigenvalue weighted by atomic mass is 10.1. The molecule has 1 unspecified atom stereocenters. The van der Waals surface area contributed by atoms with Crippen LogP contribution in [0.4, 0.5) is 0 Å². The van der Waals surface area contributed by atoms with E-state index >= 15 is 0 Å². The first-order valence-corrected chi connectivity index (χ1v) is 10.9. The molecule has 1 atom stereocenters. The van der Waals surface area contributed by atoms with Gasteiger partial charge in [-0.05, 0) is 58.8 Å². The van der Waals surface area contributed by atoms with Crippen LogP contribution in [0.25, 0.3) is 0 Å². The zero-order chi connectivity index (χ0) is 22.5. The van der Waals surface area contributed by atoms with E-state index < -0.39 is 12.0 Å². The van der Waals surface area contributed by atoms with Crippen molar-refractivity contribution in [3.8, 4) is 0 Å². The van der Waals surface area contributed by atoms with Crippen molar-refractivity contribution >= 4 is 11.9 Å². The zero-order valence-corrected chi connectivity index (χ0v) is 18.8. The Labute approximate surface area is 182 Å². The summed E-state index contributed by atoms with van der Waals surface area (Å²) in [7, 11) is 0. The SMILES string of the molecule is CCC=CCC=CCC=CCC=CCC=CCC(C)=CCCC(=O)NC(C)C(=O)O. The average molecular weight is 414 g/mol. The summed E-state index contributed by atoms with van der Waals surface area (Å²) < 4.78 is 0. The maximum atomic E-state index is 11.6. The summed E-state index contributed by atoms with van der Waals surface area (Å²) in [6.07, 6.45) is 30.6. The number of aliphatic carboxylic acids is 1. The van der Waals surface area contributed by atoms with Gasteiger partial charge in [0.15, 0.2) is 0 Å². The van der Waals surface area contributed by atoms with Crippen LogP contribution in [0.1, 0.15) is 72.1 Å². The Morgan fingerprint density at radius 2 is 1.30 bits per heavy atom. The second-order valence-electron chi connectivity index (χ2n) is 7.13. The highest BCUT2D eigenvalue weighted by molar-refractivity contribution is 5.83. The van der Waals surface area contributed by atoms with Crippen LogP contribution in [0.15, 0.2) is 72.4 Å². The third-order valence-corrected chi connectivity index (χ3v) is 4.21. The summed E-state index contributed by atoms with van der Waals surface area (Å²) in [4.78, 5) is 22.3. The summed E-state index contributed by atoms with van der Waals surface area (Å²) in [5, 5.41) is 11.2. The Bertz CT molecular complexity index is 651. The normalized spacial score (nSPS) is 14.0. The minimum absolute atomic E-state index is 0.233. The van der Waals surface area contributed by atoms with Crippen LogP contribution in [-0.4, -0.2) is 23.0 Å². The van der Waals surface area contributed by atoms with Crippen molar-refractivity contribution in [1.82, 2.24) is 5.32 Å². The molecule has 0 aromatic carbocycles. The fourth-order valence-electron chi connectivity index (χ4n) is 2.43. The van der Waals surface area contributed by atoms with Gasteiger partial charge >= 0.3 is 5.97 Å². The number of hydrogen-bond donors (Lipinski definition) is 2. The first-order chi connectivity index (χ1) is 14.5. The van der Waals surface area contributed by atoms with Crippen molar-refractivity contribution in [1.29, 1.82) is 0 Å². The molecule has 0 bridgehead atoms. The maximum absolute atomic E-state index is 11.6. The number of carbonyl (C=O) groups is 2. The molecule has 0 saturated heterocycles. The van der Waals surface area contributed by atoms with Crippen LogP contribution in [0.2, 0.25) is 0 Å². The number of nitrogens with one attached hydrogen (secondary N) is 1. The molecule has 0 fully saturated rings. The topological polar surface area (TPSA) is 66.4 Å². The lowest BCUT2D eigenvalue weighted by molar-refractivity contribution is -0.141. The van der Waals surface area contributed by atoms with Crippen LogP contribution < -0.4 is 5.32 Å². The second kappa shape index (κ2) is 19.7. The van der Waals surface area contributed by atoms with E-state index in [4.69, 9.17) is 5.11 Å². The van der Waals surface area contributed by atoms with Gasteiger partial charge in [-0.1, -0.05) is 79.3 Å². The van der Waals surface area contributed by atoms with Gasteiger partial charge in [-0.2, -0.15) is 0 Å². The predicted octanol–water partition coefficient (Wildman–Crippen LogP) is 6.44. The molecule has 0 spiro atoms. The van der Waals surface area contributed by atoms with Crippen LogP contribution in [0, 0.1) is 0 Å². The van der Waals surface area contributed by atoms with E-state index in [2.05, 4.69) is 73.0 Å². The van der Waals surface area contributed by atoms with Crippen molar-refractivity contribution in [2.24, 2.45) is 0 Å². The van der Waals surface area contributed by atoms with E-state index in [1.54, 1.807) is 0 Å². The smallest absolute Gasteiger partial charge is 0.325 e. The Morgan fingerprint density at radius 3 is 1.77 bits per heavy atom. The van der Waals surface area contributed by atoms with Gasteiger partial charge in [-0.25, -0.2) is 0 Å². The standard InChI is InChI=1S/C26H39NO3/c1-4-5-6-7-8-9-10-11-12-13-14-15-16-17-18-20-23(2)21-19-22-25(28)27-24(3)26(29)30/h5-6,8-9,11-12,14-15,17-18,21,24H,4,7,10,13,16,19-20,22H2,1-3H3,(H,27,28)(H,29,30). The van der Waals surface area contributed by atoms with Gasteiger partial charge in [-0.15, -0.1) is 0 Å². The summed E-state index contributed by atoms with van der Waals surface area (Å²) >= 11 is 0. The molecule has 0 aromatic rings. The minimum atomic E-state index is -1.02. The second-order valence-corrected chi connectivity index (χ2v) is 7.13. The van der Waals surface area contributed by atoms with E-state index in [9.17, 15) is 9.59 Å². The predicted molar refractivity (Wildman–Crippen MR) is 127 cm³/mol. The van der Waals surface area contributed by atoms with E-state index in [0.29, 0.717) is 12.8 Å². The number of rotatable bonds is 16. The Hall–Kier alpha value is -2.62. The van der Waals surface area contributed by atoms with Gasteiger partial charge in [0.25, 0.3) is 0 Å². The van der Waals surface area contributed by atoms with Crippen molar-refractivity contribution in [3.05, 3.63) is 72.4 Å². The van der Waals surface area contributed by atoms with Gasteiger partial charge in [0.05, 0.1) is 0 Å². The highest BCUT2D eigenvalue weighted by Gasteiger charge is 2.12. The molecule has 4 nitrogen and oxygen atoms in total. The molecule has 1 amide bonds. The summed E-state index contributed by atoms with van der Waals surface area (Å²) in [6, 6.07) is -0.844. The highest BCUT2D eigenvalue weighted by Crippen LogP contribution is 2.05. The number of carboxylic acids is 1. The molecule has 0 heterocycles. The van der Waals surface area contributed by atoms with E-state index in [0.717, 1.165) is 38.5 Å². The van der Waals surface area contributed by atoms with Crippen molar-refractivity contribution in [2.45, 2.75) is 78.2 Å². The zero-order valence-electron chi connectivity index (χ0n) is 18.8. The molecular weight excluding hydrogens is 374 g/mol. The number of carbonyl (C=O) groups excluding carboxylic acids is 1. The van der Waals surface area contributed by atoms with E-state index in [1.165, 1.54) is 12.5 Å². The van der Waals surface area contributed by atoms with Gasteiger partial charge < -0.3 is 10.4 Å². The number of amides is 1. The molecule has 0 aliphatic carbocycles. The van der Waals surface area contributed by atoms with Crippen LogP contribution in [0.3, 0.4) is 0 Å². The molecule has 0 saturated carbocycles. The molecule has 30 heavy (non-hydrogen) atoms. The van der Waals surface area contributed by atoms with Gasteiger partial charge in [0, 0.05) is 6.42 Å². The average Bonchev–Trinajstić information content (AvgIpc) is 2.70.